The minimum Gasteiger partial charge on any atom is -0.392 e. The second-order valence-electron chi connectivity index (χ2n) is 5.74. The molecule has 1 aliphatic heterocycles. The van der Waals surface area contributed by atoms with E-state index in [-0.39, 0.29) is 6.61 Å². The number of aliphatic hydroxyl groups is 2. The Hall–Kier alpha value is -1.17. The Morgan fingerprint density at radius 1 is 1.26 bits per heavy atom. The summed E-state index contributed by atoms with van der Waals surface area (Å²) in [5, 5.41) is 19.2. The van der Waals surface area contributed by atoms with Gasteiger partial charge < -0.3 is 15.1 Å². The Balaban J connectivity index is 1.96. The average Bonchev–Trinajstić information content (AvgIpc) is 2.38. The van der Waals surface area contributed by atoms with Crippen LogP contribution in [0.25, 0.3) is 0 Å². The third-order valence-corrected chi connectivity index (χ3v) is 3.37. The van der Waals surface area contributed by atoms with Gasteiger partial charge >= 0.3 is 0 Å². The molecule has 1 fully saturated rings. The highest BCUT2D eigenvalue weighted by molar-refractivity contribution is 5.52. The van der Waals surface area contributed by atoms with Crippen molar-refractivity contribution >= 4 is 5.69 Å². The zero-order valence-corrected chi connectivity index (χ0v) is 11.7. The summed E-state index contributed by atoms with van der Waals surface area (Å²) in [6.45, 7) is 8.07. The van der Waals surface area contributed by atoms with Crippen molar-refractivity contribution in [2.45, 2.75) is 26.1 Å². The van der Waals surface area contributed by atoms with E-state index in [1.54, 1.807) is 12.4 Å². The Morgan fingerprint density at radius 3 is 2.53 bits per heavy atom. The molecule has 1 aromatic heterocycles. The molecule has 0 spiro atoms. The lowest BCUT2D eigenvalue weighted by molar-refractivity contribution is 0.0345. The summed E-state index contributed by atoms with van der Waals surface area (Å²) in [6, 6.07) is 1.96. The largest absolute Gasteiger partial charge is 0.392 e. The molecule has 5 nitrogen and oxygen atoms in total. The number of rotatable bonds is 4. The highest BCUT2D eigenvalue weighted by Crippen LogP contribution is 2.21. The second kappa shape index (κ2) is 5.86. The summed E-state index contributed by atoms with van der Waals surface area (Å²) in [5.41, 5.74) is 1.30. The highest BCUT2D eigenvalue weighted by atomic mass is 16.3. The van der Waals surface area contributed by atoms with Crippen molar-refractivity contribution in [2.24, 2.45) is 0 Å². The number of anilines is 1. The Kier molecular flexibility index (Phi) is 4.39. The van der Waals surface area contributed by atoms with E-state index >= 15 is 0 Å². The molecule has 1 aliphatic rings. The Morgan fingerprint density at radius 2 is 1.95 bits per heavy atom. The number of aliphatic hydroxyl groups excluding tert-OH is 1. The lowest BCUT2D eigenvalue weighted by atomic mass is 10.1. The molecule has 0 unspecified atom stereocenters. The molecule has 1 saturated heterocycles. The predicted molar refractivity (Wildman–Crippen MR) is 75.1 cm³/mol. The lowest BCUT2D eigenvalue weighted by Gasteiger charge is -2.38. The van der Waals surface area contributed by atoms with Gasteiger partial charge in [0, 0.05) is 56.4 Å². The van der Waals surface area contributed by atoms with E-state index in [4.69, 9.17) is 0 Å². The zero-order valence-electron chi connectivity index (χ0n) is 11.7. The number of piperazine rings is 1. The first-order chi connectivity index (χ1) is 8.99. The third kappa shape index (κ3) is 3.89. The minimum absolute atomic E-state index is 0.0209. The summed E-state index contributed by atoms with van der Waals surface area (Å²) in [5.74, 6) is 0. The SMILES string of the molecule is CC(C)(O)CN1CCN(c2ccncc2CO)CC1. The maximum absolute atomic E-state index is 9.84. The van der Waals surface area contributed by atoms with E-state index in [9.17, 15) is 10.2 Å². The molecule has 0 aromatic carbocycles. The van der Waals surface area contributed by atoms with E-state index in [0.717, 1.165) is 37.4 Å². The molecule has 5 heteroatoms. The Labute approximate surface area is 114 Å². The molecule has 0 radical (unpaired) electrons. The van der Waals surface area contributed by atoms with Crippen molar-refractivity contribution < 1.29 is 10.2 Å². The van der Waals surface area contributed by atoms with Gasteiger partial charge in [-0.3, -0.25) is 9.88 Å². The third-order valence-electron chi connectivity index (χ3n) is 3.37. The molecule has 2 rings (SSSR count). The van der Waals surface area contributed by atoms with Crippen LogP contribution in [0.2, 0.25) is 0 Å². The molecule has 19 heavy (non-hydrogen) atoms. The predicted octanol–water partition coefficient (Wildman–Crippen LogP) is 0.467. The van der Waals surface area contributed by atoms with Gasteiger partial charge in [-0.2, -0.15) is 0 Å². The monoisotopic (exact) mass is 265 g/mol. The van der Waals surface area contributed by atoms with E-state index < -0.39 is 5.60 Å². The van der Waals surface area contributed by atoms with E-state index in [1.165, 1.54) is 0 Å². The molecule has 0 saturated carbocycles. The van der Waals surface area contributed by atoms with E-state index in [0.29, 0.717) is 6.54 Å². The van der Waals surface area contributed by atoms with Crippen LogP contribution >= 0.6 is 0 Å². The summed E-state index contributed by atoms with van der Waals surface area (Å²) in [7, 11) is 0. The van der Waals surface area contributed by atoms with E-state index in [1.807, 2.05) is 19.9 Å². The van der Waals surface area contributed by atoms with Gasteiger partial charge in [0.2, 0.25) is 0 Å². The first-order valence-corrected chi connectivity index (χ1v) is 6.73. The molecule has 0 bridgehead atoms. The fourth-order valence-electron chi connectivity index (χ4n) is 2.54. The molecule has 2 N–H and O–H groups in total. The fourth-order valence-corrected chi connectivity index (χ4v) is 2.54. The number of aromatic nitrogens is 1. The van der Waals surface area contributed by atoms with Crippen molar-refractivity contribution in [3.63, 3.8) is 0 Å². The lowest BCUT2D eigenvalue weighted by Crippen LogP contribution is -2.50. The van der Waals surface area contributed by atoms with Crippen LogP contribution in [0.5, 0.6) is 0 Å². The zero-order chi connectivity index (χ0) is 13.9. The van der Waals surface area contributed by atoms with Gasteiger partial charge in [-0.05, 0) is 19.9 Å². The molecular formula is C14H23N3O2. The van der Waals surface area contributed by atoms with Crippen LogP contribution < -0.4 is 4.90 Å². The first-order valence-electron chi connectivity index (χ1n) is 6.73. The molecule has 2 heterocycles. The van der Waals surface area contributed by atoms with Crippen molar-refractivity contribution in [1.82, 2.24) is 9.88 Å². The smallest absolute Gasteiger partial charge is 0.0718 e. The minimum atomic E-state index is -0.644. The van der Waals surface area contributed by atoms with Crippen LogP contribution in [0, 0.1) is 0 Å². The Bertz CT molecular complexity index is 409. The maximum Gasteiger partial charge on any atom is 0.0718 e. The summed E-state index contributed by atoms with van der Waals surface area (Å²) < 4.78 is 0. The fraction of sp³-hybridized carbons (Fsp3) is 0.643. The number of pyridine rings is 1. The van der Waals surface area contributed by atoms with Gasteiger partial charge in [0.05, 0.1) is 12.2 Å². The van der Waals surface area contributed by atoms with Crippen molar-refractivity contribution in [3.05, 3.63) is 24.0 Å². The molecular weight excluding hydrogens is 242 g/mol. The van der Waals surface area contributed by atoms with Crippen molar-refractivity contribution in [3.8, 4) is 0 Å². The molecule has 106 valence electrons. The number of hydrogen-bond acceptors (Lipinski definition) is 5. The van der Waals surface area contributed by atoms with Gasteiger partial charge in [0.25, 0.3) is 0 Å². The number of nitrogens with zero attached hydrogens (tertiary/aromatic N) is 3. The van der Waals surface area contributed by atoms with Crippen LogP contribution in [0.4, 0.5) is 5.69 Å². The van der Waals surface area contributed by atoms with Gasteiger partial charge in [0.1, 0.15) is 0 Å². The average molecular weight is 265 g/mol. The van der Waals surface area contributed by atoms with Crippen LogP contribution in [-0.4, -0.2) is 58.4 Å². The van der Waals surface area contributed by atoms with Gasteiger partial charge in [-0.1, -0.05) is 0 Å². The van der Waals surface area contributed by atoms with Crippen molar-refractivity contribution in [2.75, 3.05) is 37.6 Å². The second-order valence-corrected chi connectivity index (χ2v) is 5.74. The van der Waals surface area contributed by atoms with Crippen molar-refractivity contribution in [1.29, 1.82) is 0 Å². The number of β-amino-alcohol motifs (C(OH)–C–C–N with tert-alkyl or cyclic N) is 1. The van der Waals surface area contributed by atoms with Crippen LogP contribution in [0.3, 0.4) is 0 Å². The summed E-state index contributed by atoms with van der Waals surface area (Å²) in [6.07, 6.45) is 3.48. The van der Waals surface area contributed by atoms with Crippen LogP contribution in [0.1, 0.15) is 19.4 Å². The molecule has 1 aromatic rings. The van der Waals surface area contributed by atoms with Crippen LogP contribution in [0.15, 0.2) is 18.5 Å². The van der Waals surface area contributed by atoms with E-state index in [2.05, 4.69) is 14.8 Å². The molecule has 0 aliphatic carbocycles. The highest BCUT2D eigenvalue weighted by Gasteiger charge is 2.23. The molecule has 0 amide bonds. The first kappa shape index (κ1) is 14.2. The van der Waals surface area contributed by atoms with Gasteiger partial charge in [-0.25, -0.2) is 0 Å². The number of hydrogen-bond donors (Lipinski definition) is 2. The van der Waals surface area contributed by atoms with Gasteiger partial charge in [0.15, 0.2) is 0 Å². The maximum atomic E-state index is 9.84. The molecule has 0 atom stereocenters. The van der Waals surface area contributed by atoms with Crippen LogP contribution in [-0.2, 0) is 6.61 Å². The topological polar surface area (TPSA) is 59.8 Å². The quantitative estimate of drug-likeness (QED) is 0.828. The van der Waals surface area contributed by atoms with Gasteiger partial charge in [-0.15, -0.1) is 0 Å². The summed E-state index contributed by atoms with van der Waals surface area (Å²) >= 11 is 0. The normalized spacial score (nSPS) is 17.8. The standard InChI is InChI=1S/C14H23N3O2/c1-14(2,19)11-16-5-7-17(8-6-16)13-3-4-15-9-12(13)10-18/h3-4,9,18-19H,5-8,10-11H2,1-2H3. The summed E-state index contributed by atoms with van der Waals surface area (Å²) in [4.78, 5) is 8.59.